The SMILES string of the molecule is CCNC(=NCc1nc(C(F)(F)F)cs1)N1CCSC(C(C)C)C1.I. The molecule has 0 bridgehead atoms. The average Bonchev–Trinajstić information content (AvgIpc) is 3.00. The van der Waals surface area contributed by atoms with E-state index in [1.54, 1.807) is 0 Å². The van der Waals surface area contributed by atoms with Gasteiger partial charge in [-0.2, -0.15) is 24.9 Å². The number of aliphatic imine (C=N–C) groups is 1. The van der Waals surface area contributed by atoms with E-state index in [2.05, 4.69) is 34.0 Å². The van der Waals surface area contributed by atoms with Gasteiger partial charge in [-0.3, -0.25) is 0 Å². The second-order valence-corrected chi connectivity index (χ2v) is 8.18. The number of alkyl halides is 3. The minimum absolute atomic E-state index is 0. The molecule has 2 heterocycles. The zero-order valence-corrected chi connectivity index (χ0v) is 18.4. The van der Waals surface area contributed by atoms with Gasteiger partial charge in [-0.05, 0) is 12.8 Å². The van der Waals surface area contributed by atoms with Crippen molar-refractivity contribution in [2.75, 3.05) is 25.4 Å². The van der Waals surface area contributed by atoms with Crippen molar-refractivity contribution in [3.8, 4) is 0 Å². The van der Waals surface area contributed by atoms with Crippen LogP contribution in [0.1, 0.15) is 31.5 Å². The maximum atomic E-state index is 12.6. The Morgan fingerprint density at radius 1 is 1.48 bits per heavy atom. The predicted molar refractivity (Wildman–Crippen MR) is 110 cm³/mol. The maximum Gasteiger partial charge on any atom is 0.434 e. The second-order valence-electron chi connectivity index (χ2n) is 5.89. The van der Waals surface area contributed by atoms with Crippen molar-refractivity contribution >= 4 is 53.0 Å². The van der Waals surface area contributed by atoms with E-state index in [9.17, 15) is 13.2 Å². The lowest BCUT2D eigenvalue weighted by Gasteiger charge is -2.36. The smallest absolute Gasteiger partial charge is 0.357 e. The van der Waals surface area contributed by atoms with Crippen LogP contribution < -0.4 is 5.32 Å². The summed E-state index contributed by atoms with van der Waals surface area (Å²) < 4.78 is 37.8. The Labute approximate surface area is 172 Å². The third kappa shape index (κ3) is 6.78. The van der Waals surface area contributed by atoms with Crippen molar-refractivity contribution in [3.63, 3.8) is 0 Å². The standard InChI is InChI=1S/C15H23F3N4S2.HI/c1-4-19-14(22-5-6-23-11(8-22)10(2)3)20-7-13-21-12(9-24-13)15(16,17)18;/h9-11H,4-8H2,1-3H3,(H,19,20);1H. The molecule has 1 aromatic rings. The summed E-state index contributed by atoms with van der Waals surface area (Å²) in [5.41, 5.74) is -0.836. The van der Waals surface area contributed by atoms with Crippen LogP contribution in [-0.2, 0) is 12.7 Å². The van der Waals surface area contributed by atoms with Crippen LogP contribution in [-0.4, -0.2) is 46.5 Å². The summed E-state index contributed by atoms with van der Waals surface area (Å²) in [6, 6.07) is 0. The van der Waals surface area contributed by atoms with Gasteiger partial charge in [0.15, 0.2) is 11.7 Å². The first-order valence-corrected chi connectivity index (χ1v) is 9.90. The molecule has 1 fully saturated rings. The highest BCUT2D eigenvalue weighted by molar-refractivity contribution is 14.0. The molecule has 0 saturated carbocycles. The predicted octanol–water partition coefficient (Wildman–Crippen LogP) is 4.32. The van der Waals surface area contributed by atoms with E-state index in [-0.39, 0.29) is 30.5 Å². The highest BCUT2D eigenvalue weighted by Crippen LogP contribution is 2.30. The zero-order valence-electron chi connectivity index (χ0n) is 14.5. The van der Waals surface area contributed by atoms with Crippen LogP contribution in [0, 0.1) is 5.92 Å². The van der Waals surface area contributed by atoms with Gasteiger partial charge in [-0.15, -0.1) is 35.3 Å². The molecule has 1 saturated heterocycles. The molecular weight excluding hydrogens is 484 g/mol. The minimum atomic E-state index is -4.39. The molecule has 0 aliphatic carbocycles. The Hall–Kier alpha value is -0.230. The minimum Gasteiger partial charge on any atom is -0.357 e. The first-order valence-electron chi connectivity index (χ1n) is 7.97. The number of thiazole rings is 1. The Bertz CT molecular complexity index is 563. The summed E-state index contributed by atoms with van der Waals surface area (Å²) >= 11 is 2.97. The van der Waals surface area contributed by atoms with Gasteiger partial charge in [-0.1, -0.05) is 13.8 Å². The number of nitrogens with zero attached hydrogens (tertiary/aromatic N) is 3. The lowest BCUT2D eigenvalue weighted by molar-refractivity contribution is -0.140. The number of aromatic nitrogens is 1. The fourth-order valence-electron chi connectivity index (χ4n) is 2.35. The van der Waals surface area contributed by atoms with E-state index in [1.807, 2.05) is 18.7 Å². The fraction of sp³-hybridized carbons (Fsp3) is 0.733. The van der Waals surface area contributed by atoms with Crippen LogP contribution in [0.15, 0.2) is 10.4 Å². The van der Waals surface area contributed by atoms with Crippen molar-refractivity contribution in [2.45, 2.75) is 38.7 Å². The van der Waals surface area contributed by atoms with Crippen molar-refractivity contribution in [2.24, 2.45) is 10.9 Å². The van der Waals surface area contributed by atoms with E-state index in [1.165, 1.54) is 0 Å². The Morgan fingerprint density at radius 3 is 2.76 bits per heavy atom. The van der Waals surface area contributed by atoms with Gasteiger partial charge in [0.2, 0.25) is 0 Å². The summed E-state index contributed by atoms with van der Waals surface area (Å²) in [6.07, 6.45) is -4.39. The first-order chi connectivity index (χ1) is 11.3. The normalized spacial score (nSPS) is 19.1. The van der Waals surface area contributed by atoms with Gasteiger partial charge in [-0.25, -0.2) is 9.98 Å². The van der Waals surface area contributed by atoms with Crippen LogP contribution in [0.4, 0.5) is 13.2 Å². The molecule has 144 valence electrons. The number of hydrogen-bond donors (Lipinski definition) is 1. The number of guanidine groups is 1. The zero-order chi connectivity index (χ0) is 17.7. The molecule has 25 heavy (non-hydrogen) atoms. The van der Waals surface area contributed by atoms with E-state index < -0.39 is 11.9 Å². The fourth-order valence-corrected chi connectivity index (χ4v) is 4.38. The second kappa shape index (κ2) is 10.2. The molecule has 1 aliphatic rings. The van der Waals surface area contributed by atoms with Crippen molar-refractivity contribution in [3.05, 3.63) is 16.1 Å². The molecule has 0 spiro atoms. The Balaban J connectivity index is 0.00000312. The van der Waals surface area contributed by atoms with Crippen LogP contribution in [0.2, 0.25) is 0 Å². The van der Waals surface area contributed by atoms with E-state index in [0.29, 0.717) is 16.2 Å². The molecule has 4 nitrogen and oxygen atoms in total. The van der Waals surface area contributed by atoms with Crippen LogP contribution in [0.5, 0.6) is 0 Å². The molecule has 0 amide bonds. The monoisotopic (exact) mass is 508 g/mol. The molecule has 0 aromatic carbocycles. The maximum absolute atomic E-state index is 12.6. The molecule has 1 atom stereocenters. The van der Waals surface area contributed by atoms with Gasteiger partial charge in [0, 0.05) is 36.0 Å². The average molecular weight is 508 g/mol. The van der Waals surface area contributed by atoms with Gasteiger partial charge in [0.25, 0.3) is 0 Å². The van der Waals surface area contributed by atoms with Crippen LogP contribution >= 0.6 is 47.1 Å². The van der Waals surface area contributed by atoms with Crippen LogP contribution in [0.3, 0.4) is 0 Å². The topological polar surface area (TPSA) is 40.5 Å². The summed E-state index contributed by atoms with van der Waals surface area (Å²) in [5, 5.41) is 5.21. The highest BCUT2D eigenvalue weighted by Gasteiger charge is 2.33. The van der Waals surface area contributed by atoms with Crippen molar-refractivity contribution in [1.82, 2.24) is 15.2 Å². The first kappa shape index (κ1) is 22.8. The van der Waals surface area contributed by atoms with Gasteiger partial charge in [0.05, 0.1) is 6.54 Å². The number of thioether (sulfide) groups is 1. The third-order valence-electron chi connectivity index (χ3n) is 3.68. The summed E-state index contributed by atoms with van der Waals surface area (Å²) in [7, 11) is 0. The number of rotatable bonds is 4. The Kier molecular flexibility index (Phi) is 9.30. The molecule has 1 unspecified atom stereocenters. The van der Waals surface area contributed by atoms with Crippen molar-refractivity contribution in [1.29, 1.82) is 0 Å². The molecule has 1 aliphatic heterocycles. The highest BCUT2D eigenvalue weighted by atomic mass is 127. The van der Waals surface area contributed by atoms with E-state index in [4.69, 9.17) is 0 Å². The summed E-state index contributed by atoms with van der Waals surface area (Å²) in [4.78, 5) is 10.3. The molecule has 1 aromatic heterocycles. The molecule has 1 N–H and O–H groups in total. The van der Waals surface area contributed by atoms with Gasteiger partial charge in [0.1, 0.15) is 5.01 Å². The number of halogens is 4. The molecule has 10 heteroatoms. The van der Waals surface area contributed by atoms with E-state index >= 15 is 0 Å². The quantitative estimate of drug-likeness (QED) is 0.374. The Morgan fingerprint density at radius 2 is 2.20 bits per heavy atom. The summed E-state index contributed by atoms with van der Waals surface area (Å²) in [6.45, 7) is 9.09. The molecule has 0 radical (unpaired) electrons. The molecular formula is C15H24F3IN4S2. The van der Waals surface area contributed by atoms with Gasteiger partial charge < -0.3 is 10.2 Å². The van der Waals surface area contributed by atoms with E-state index in [0.717, 1.165) is 48.1 Å². The lowest BCUT2D eigenvalue weighted by atomic mass is 10.1. The summed E-state index contributed by atoms with van der Waals surface area (Å²) in [5.74, 6) is 2.36. The largest absolute Gasteiger partial charge is 0.434 e. The number of nitrogens with one attached hydrogen (secondary N) is 1. The van der Waals surface area contributed by atoms with Crippen molar-refractivity contribution < 1.29 is 13.2 Å². The molecule has 2 rings (SSSR count). The van der Waals surface area contributed by atoms with Crippen LogP contribution in [0.25, 0.3) is 0 Å². The number of hydrogen-bond acceptors (Lipinski definition) is 4. The van der Waals surface area contributed by atoms with Gasteiger partial charge >= 0.3 is 6.18 Å². The lowest BCUT2D eigenvalue weighted by Crippen LogP contribution is -2.49. The third-order valence-corrected chi connectivity index (χ3v) is 6.05.